The highest BCUT2D eigenvalue weighted by Gasteiger charge is 2.52. The molecule has 1 saturated heterocycles. The van der Waals surface area contributed by atoms with Gasteiger partial charge < -0.3 is 14.6 Å². The van der Waals surface area contributed by atoms with Crippen LogP contribution in [0.5, 0.6) is 0 Å². The van der Waals surface area contributed by atoms with Crippen LogP contribution in [0.1, 0.15) is 34.6 Å². The van der Waals surface area contributed by atoms with Gasteiger partial charge in [0.05, 0.1) is 21.4 Å². The van der Waals surface area contributed by atoms with E-state index in [1.54, 1.807) is 11.3 Å². The van der Waals surface area contributed by atoms with Gasteiger partial charge in [-0.15, -0.1) is 0 Å². The summed E-state index contributed by atoms with van der Waals surface area (Å²) in [6.07, 6.45) is 0. The van der Waals surface area contributed by atoms with Crippen LogP contribution in [-0.4, -0.2) is 29.8 Å². The Morgan fingerprint density at radius 2 is 1.86 bits per heavy atom. The molecule has 0 aliphatic carbocycles. The maximum atomic E-state index is 6.16. The van der Waals surface area contributed by atoms with E-state index in [-0.39, 0.29) is 18.3 Å². The molecule has 2 heterocycles. The number of hydrogen-bond donors (Lipinski definition) is 1. The van der Waals surface area contributed by atoms with E-state index in [1.807, 2.05) is 12.1 Å². The molecule has 1 aromatic carbocycles. The van der Waals surface area contributed by atoms with Crippen molar-refractivity contribution in [1.82, 2.24) is 4.98 Å². The fourth-order valence-electron chi connectivity index (χ4n) is 2.35. The van der Waals surface area contributed by atoms with Gasteiger partial charge in [0.25, 0.3) is 0 Å². The molecule has 3 rings (SSSR count). The summed E-state index contributed by atoms with van der Waals surface area (Å²) in [5, 5.41) is 4.21. The highest BCUT2D eigenvalue weighted by Crippen LogP contribution is 2.37. The number of thiazole rings is 1. The average Bonchev–Trinajstić information content (AvgIpc) is 2.87. The zero-order chi connectivity index (χ0) is 15.3. The zero-order valence-corrected chi connectivity index (χ0v) is 14.0. The Bertz CT molecular complexity index is 653. The Morgan fingerprint density at radius 1 is 1.19 bits per heavy atom. The minimum absolute atomic E-state index is 0.324. The Labute approximate surface area is 130 Å². The van der Waals surface area contributed by atoms with Crippen molar-refractivity contribution in [3.8, 4) is 0 Å². The topological polar surface area (TPSA) is 43.4 Å². The third-order valence-electron chi connectivity index (χ3n) is 4.28. The second-order valence-electron chi connectivity index (χ2n) is 6.33. The first-order chi connectivity index (χ1) is 9.84. The van der Waals surface area contributed by atoms with Gasteiger partial charge in [-0.25, -0.2) is 4.98 Å². The van der Waals surface area contributed by atoms with Crippen LogP contribution < -0.4 is 10.8 Å². The van der Waals surface area contributed by atoms with Crippen molar-refractivity contribution in [3.63, 3.8) is 0 Å². The number of benzene rings is 1. The summed E-state index contributed by atoms with van der Waals surface area (Å²) >= 11 is 1.65. The lowest BCUT2D eigenvalue weighted by atomic mass is 9.79. The molecular weight excluding hydrogens is 283 g/mol. The minimum Gasteiger partial charge on any atom is -0.399 e. The number of rotatable bonds is 3. The van der Waals surface area contributed by atoms with Gasteiger partial charge in [0.15, 0.2) is 5.13 Å². The molecule has 0 bridgehead atoms. The molecule has 1 aliphatic rings. The van der Waals surface area contributed by atoms with Crippen molar-refractivity contribution in [1.29, 1.82) is 0 Å². The first-order valence-electron chi connectivity index (χ1n) is 7.33. The fraction of sp³-hybridized carbons (Fsp3) is 0.533. The number of aromatic nitrogens is 1. The number of fused-ring (bicyclic) bond motifs is 1. The van der Waals surface area contributed by atoms with E-state index in [0.29, 0.717) is 0 Å². The second kappa shape index (κ2) is 4.97. The summed E-state index contributed by atoms with van der Waals surface area (Å²) in [6, 6.07) is 6.11. The highest BCUT2D eigenvalue weighted by molar-refractivity contribution is 7.23. The van der Waals surface area contributed by atoms with E-state index >= 15 is 0 Å². The summed E-state index contributed by atoms with van der Waals surface area (Å²) in [4.78, 5) is 4.60. The molecule has 0 radical (unpaired) electrons. The summed E-state index contributed by atoms with van der Waals surface area (Å²) < 4.78 is 13.5. The predicted octanol–water partition coefficient (Wildman–Crippen LogP) is 3.03. The van der Waals surface area contributed by atoms with E-state index in [1.165, 1.54) is 0 Å². The summed E-state index contributed by atoms with van der Waals surface area (Å²) in [6.45, 7) is 11.2. The molecule has 0 unspecified atom stereocenters. The van der Waals surface area contributed by atoms with Gasteiger partial charge in [0.1, 0.15) is 0 Å². The Balaban J connectivity index is 2.01. The number of nitrogens with zero attached hydrogens (tertiary/aromatic N) is 1. The molecule has 1 fully saturated rings. The molecule has 1 aliphatic heterocycles. The van der Waals surface area contributed by atoms with Crippen molar-refractivity contribution in [2.45, 2.75) is 45.8 Å². The van der Waals surface area contributed by atoms with Gasteiger partial charge in [-0.05, 0) is 40.7 Å². The van der Waals surface area contributed by atoms with Crippen molar-refractivity contribution in [2.75, 3.05) is 11.9 Å². The van der Waals surface area contributed by atoms with Crippen LogP contribution in [0, 0.1) is 0 Å². The zero-order valence-electron chi connectivity index (χ0n) is 13.2. The van der Waals surface area contributed by atoms with Gasteiger partial charge in [0.2, 0.25) is 0 Å². The molecule has 112 valence electrons. The van der Waals surface area contributed by atoms with Crippen molar-refractivity contribution in [2.24, 2.45) is 0 Å². The quantitative estimate of drug-likeness (QED) is 0.885. The molecule has 0 saturated carbocycles. The van der Waals surface area contributed by atoms with E-state index in [0.717, 1.165) is 27.4 Å². The monoisotopic (exact) mass is 304 g/mol. The molecule has 1 aromatic heterocycles. The van der Waals surface area contributed by atoms with Gasteiger partial charge in [-0.1, -0.05) is 23.5 Å². The smallest absolute Gasteiger partial charge is 0.399 e. The van der Waals surface area contributed by atoms with Gasteiger partial charge >= 0.3 is 7.12 Å². The minimum atomic E-state index is -0.339. The molecule has 2 aromatic rings. The maximum Gasteiger partial charge on any atom is 0.496 e. The van der Waals surface area contributed by atoms with Crippen LogP contribution in [0.4, 0.5) is 5.13 Å². The number of anilines is 1. The maximum absolute atomic E-state index is 6.16. The lowest BCUT2D eigenvalue weighted by Gasteiger charge is -2.32. The predicted molar refractivity (Wildman–Crippen MR) is 89.5 cm³/mol. The lowest BCUT2D eigenvalue weighted by Crippen LogP contribution is -2.41. The van der Waals surface area contributed by atoms with Crippen molar-refractivity contribution >= 4 is 39.3 Å². The van der Waals surface area contributed by atoms with Gasteiger partial charge in [-0.3, -0.25) is 0 Å². The van der Waals surface area contributed by atoms with Crippen LogP contribution in [-0.2, 0) is 9.31 Å². The molecule has 0 atom stereocenters. The summed E-state index contributed by atoms with van der Waals surface area (Å²) in [5.74, 6) is 0. The van der Waals surface area contributed by atoms with Crippen LogP contribution in [0.3, 0.4) is 0 Å². The van der Waals surface area contributed by atoms with E-state index in [9.17, 15) is 0 Å². The van der Waals surface area contributed by atoms with Crippen LogP contribution in [0.15, 0.2) is 18.2 Å². The van der Waals surface area contributed by atoms with E-state index < -0.39 is 0 Å². The molecule has 21 heavy (non-hydrogen) atoms. The normalized spacial score (nSPS) is 20.1. The van der Waals surface area contributed by atoms with E-state index in [4.69, 9.17) is 9.31 Å². The Kier molecular flexibility index (Phi) is 3.51. The molecule has 6 heteroatoms. The number of nitrogens with one attached hydrogen (secondary N) is 1. The van der Waals surface area contributed by atoms with Gasteiger partial charge in [-0.2, -0.15) is 0 Å². The van der Waals surface area contributed by atoms with Crippen molar-refractivity contribution in [3.05, 3.63) is 18.2 Å². The Morgan fingerprint density at radius 3 is 2.48 bits per heavy atom. The first-order valence-corrected chi connectivity index (χ1v) is 8.14. The average molecular weight is 304 g/mol. The Hall–Kier alpha value is -1.11. The molecular formula is C15H21BN2O2S. The van der Waals surface area contributed by atoms with E-state index in [2.05, 4.69) is 51.0 Å². The molecule has 0 spiro atoms. The third-order valence-corrected chi connectivity index (χ3v) is 5.36. The highest BCUT2D eigenvalue weighted by atomic mass is 32.1. The van der Waals surface area contributed by atoms with Crippen LogP contribution >= 0.6 is 11.3 Å². The number of hydrogen-bond acceptors (Lipinski definition) is 5. The molecule has 1 N–H and O–H groups in total. The second-order valence-corrected chi connectivity index (χ2v) is 7.33. The fourth-order valence-corrected chi connectivity index (χ4v) is 3.41. The summed E-state index contributed by atoms with van der Waals surface area (Å²) in [5.41, 5.74) is 1.40. The lowest BCUT2D eigenvalue weighted by molar-refractivity contribution is 0.00578. The first kappa shape index (κ1) is 14.8. The molecule has 0 amide bonds. The van der Waals surface area contributed by atoms with Gasteiger partial charge in [0, 0.05) is 12.0 Å². The summed E-state index contributed by atoms with van der Waals surface area (Å²) in [7, 11) is -0.339. The van der Waals surface area contributed by atoms with Crippen LogP contribution in [0.25, 0.3) is 10.2 Å². The van der Waals surface area contributed by atoms with Crippen LogP contribution in [0.2, 0.25) is 0 Å². The largest absolute Gasteiger partial charge is 0.496 e. The SMILES string of the molecule is CCNc1nc2cccc(B3OC(C)(C)C(C)(C)O3)c2s1. The van der Waals surface area contributed by atoms with Crippen molar-refractivity contribution < 1.29 is 9.31 Å². The third kappa shape index (κ3) is 2.45. The standard InChI is InChI=1S/C15H21BN2O2S/c1-6-17-13-18-11-9-7-8-10(12(11)21-13)16-19-14(2,3)15(4,5)20-16/h7-9H,6H2,1-5H3,(H,17,18). The molecule has 4 nitrogen and oxygen atoms in total.